The van der Waals surface area contributed by atoms with Crippen LogP contribution < -0.4 is 42.2 Å². The number of likely N-dealkylation sites (tertiary alicyclic amines) is 2. The maximum Gasteiger partial charge on any atom is 0.251 e. The summed E-state index contributed by atoms with van der Waals surface area (Å²) in [7, 11) is 3.42. The third kappa shape index (κ3) is 15.4. The van der Waals surface area contributed by atoms with Crippen molar-refractivity contribution in [2.75, 3.05) is 63.2 Å². The lowest BCUT2D eigenvalue weighted by molar-refractivity contribution is -0.135. The number of carbonyl (C=O) groups is 6. The van der Waals surface area contributed by atoms with Crippen LogP contribution in [0.4, 0.5) is 20.2 Å². The molecule has 2 saturated heterocycles. The maximum absolute atomic E-state index is 14.9. The van der Waals surface area contributed by atoms with Gasteiger partial charge in [-0.3, -0.25) is 38.4 Å². The van der Waals surface area contributed by atoms with E-state index in [0.717, 1.165) is 49.7 Å². The zero-order valence-corrected chi connectivity index (χ0v) is 51.6. The molecule has 0 aliphatic carbocycles. The number of fused-ring (bicyclic) bond motifs is 2. The van der Waals surface area contributed by atoms with Crippen molar-refractivity contribution >= 4 is 46.8 Å². The number of hydrogen-bond acceptors (Lipinski definition) is 10. The molecular weight excluding hydrogens is 1100 g/mol. The summed E-state index contributed by atoms with van der Waals surface area (Å²) in [4.78, 5) is 124. The summed E-state index contributed by atoms with van der Waals surface area (Å²) in [5.74, 6) is -2.19. The fourth-order valence-corrected chi connectivity index (χ4v) is 13.2. The van der Waals surface area contributed by atoms with Gasteiger partial charge >= 0.3 is 0 Å². The number of benzene rings is 2. The van der Waals surface area contributed by atoms with Gasteiger partial charge in [-0.25, -0.2) is 8.78 Å². The SMILES string of the molecule is CC[C@H](NC)C(=O)N[C@H](C(=O)N1CC(C)(C)c2[nH]c(=O)c(Cc3ccc(F)cc3)cc21)C1CCN(C(=O)CCCCCCCCC(=O)N2CCC([C@H](NC(=O)[C@H](CC)NC)C(=O)N3CC(C)(C)c4[nH]c(=O)c(Cc5ccc(F)cc5)cc43)CC2)CC1. The number of anilines is 2. The van der Waals surface area contributed by atoms with Gasteiger partial charge in [0.2, 0.25) is 35.4 Å². The molecule has 4 aliphatic heterocycles. The molecular formula is C66H90F2N10O8. The molecule has 4 aliphatic rings. The molecule has 18 nitrogen and oxygen atoms in total. The molecule has 4 atom stereocenters. The van der Waals surface area contributed by atoms with Crippen molar-refractivity contribution in [3.8, 4) is 0 Å². The molecule has 2 aromatic carbocycles. The molecule has 86 heavy (non-hydrogen) atoms. The van der Waals surface area contributed by atoms with Crippen LogP contribution in [0.2, 0.25) is 0 Å². The number of halogens is 2. The van der Waals surface area contributed by atoms with Crippen LogP contribution in [-0.2, 0) is 52.4 Å². The minimum absolute atomic E-state index is 0.0662. The number of pyridine rings is 2. The Morgan fingerprint density at radius 2 is 0.884 bits per heavy atom. The molecule has 4 aromatic rings. The van der Waals surface area contributed by atoms with Crippen LogP contribution in [0.15, 0.2) is 70.3 Å². The number of amides is 6. The highest BCUT2D eigenvalue weighted by molar-refractivity contribution is 6.03. The molecule has 6 amide bonds. The third-order valence-electron chi connectivity index (χ3n) is 18.4. The van der Waals surface area contributed by atoms with Crippen LogP contribution in [0.1, 0.15) is 165 Å². The minimum atomic E-state index is -0.867. The lowest BCUT2D eigenvalue weighted by Crippen LogP contribution is -2.57. The Balaban J connectivity index is 0.787. The molecule has 2 aromatic heterocycles. The highest BCUT2D eigenvalue weighted by atomic mass is 19.1. The van der Waals surface area contributed by atoms with Gasteiger partial charge in [0.15, 0.2) is 0 Å². The van der Waals surface area contributed by atoms with Gasteiger partial charge < -0.3 is 50.8 Å². The van der Waals surface area contributed by atoms with E-state index in [1.165, 1.54) is 24.3 Å². The number of piperidine rings is 2. The number of rotatable bonds is 25. The van der Waals surface area contributed by atoms with E-state index in [0.29, 0.717) is 125 Å². The molecule has 466 valence electrons. The second-order valence-electron chi connectivity index (χ2n) is 25.5. The van der Waals surface area contributed by atoms with Crippen LogP contribution in [0.5, 0.6) is 0 Å². The van der Waals surface area contributed by atoms with Crippen LogP contribution in [0.25, 0.3) is 0 Å². The number of likely N-dealkylation sites (N-methyl/N-ethyl adjacent to an activating group) is 2. The van der Waals surface area contributed by atoms with E-state index in [9.17, 15) is 47.1 Å². The highest BCUT2D eigenvalue weighted by Crippen LogP contribution is 2.42. The van der Waals surface area contributed by atoms with Gasteiger partial charge in [-0.1, -0.05) is 91.5 Å². The Morgan fingerprint density at radius 1 is 0.547 bits per heavy atom. The first kappa shape index (κ1) is 64.9. The predicted octanol–water partition coefficient (Wildman–Crippen LogP) is 7.04. The van der Waals surface area contributed by atoms with Crippen molar-refractivity contribution < 1.29 is 37.5 Å². The van der Waals surface area contributed by atoms with E-state index in [1.807, 2.05) is 51.3 Å². The lowest BCUT2D eigenvalue weighted by Gasteiger charge is -2.38. The zero-order chi connectivity index (χ0) is 62.0. The molecule has 6 heterocycles. The molecule has 2 fully saturated rings. The molecule has 0 spiro atoms. The standard InChI is InChI=1S/C66H90F2N10O8/c1-9-49(69-7)61(83)71-55(63(85)77-39-65(3,4)57-51(77)37-45(59(81)73-57)35-41-19-23-47(67)24-20-41)43-27-31-75(32-28-43)53(79)17-15-13-11-12-14-16-18-54(80)76-33-29-44(30-34-76)56(72-62(84)50(10-2)70-8)64(86)78-40-66(5,6)58-52(78)38-46(60(82)74-58)36-42-21-25-48(68)26-22-42/h19-26,37-38,43-44,49-50,55-56,69-70H,9-18,27-36,39-40H2,1-8H3,(H,71,83)(H,72,84)(H,73,81)(H,74,82)/t49-,50-,55-,56-/m0/s1. The van der Waals surface area contributed by atoms with Gasteiger partial charge in [-0.15, -0.1) is 0 Å². The maximum atomic E-state index is 14.9. The van der Waals surface area contributed by atoms with Gasteiger partial charge in [0.25, 0.3) is 11.1 Å². The number of carbonyl (C=O) groups excluding carboxylic acids is 6. The largest absolute Gasteiger partial charge is 0.343 e. The van der Waals surface area contributed by atoms with Gasteiger partial charge in [0, 0.05) is 98.3 Å². The number of hydrogen-bond donors (Lipinski definition) is 6. The Labute approximate surface area is 504 Å². The van der Waals surface area contributed by atoms with E-state index in [-0.39, 0.29) is 82.9 Å². The van der Waals surface area contributed by atoms with Crippen LogP contribution >= 0.6 is 0 Å². The minimum Gasteiger partial charge on any atom is -0.343 e. The van der Waals surface area contributed by atoms with E-state index < -0.39 is 35.0 Å². The summed E-state index contributed by atoms with van der Waals surface area (Å²) in [5, 5.41) is 12.3. The van der Waals surface area contributed by atoms with E-state index in [4.69, 9.17) is 0 Å². The molecule has 0 bridgehead atoms. The van der Waals surface area contributed by atoms with Crippen molar-refractivity contribution in [1.82, 2.24) is 41.0 Å². The van der Waals surface area contributed by atoms with Crippen molar-refractivity contribution in [3.05, 3.63) is 127 Å². The van der Waals surface area contributed by atoms with Crippen molar-refractivity contribution in [3.63, 3.8) is 0 Å². The second-order valence-corrected chi connectivity index (χ2v) is 25.5. The smallest absolute Gasteiger partial charge is 0.251 e. The lowest BCUT2D eigenvalue weighted by atomic mass is 9.87. The topological polar surface area (TPSA) is 229 Å². The summed E-state index contributed by atoms with van der Waals surface area (Å²) in [6.07, 6.45) is 9.53. The molecule has 0 saturated carbocycles. The van der Waals surface area contributed by atoms with Crippen LogP contribution in [-0.4, -0.2) is 133 Å². The average Bonchev–Trinajstić information content (AvgIpc) is 1.74. The molecule has 0 radical (unpaired) electrons. The normalized spacial score (nSPS) is 18.0. The Hall–Kier alpha value is -7.06. The molecule has 8 rings (SSSR count). The average molecular weight is 1190 g/mol. The number of nitrogens with one attached hydrogen (secondary N) is 6. The molecule has 20 heteroatoms. The molecule has 6 N–H and O–H groups in total. The van der Waals surface area contributed by atoms with Gasteiger partial charge in [-0.05, 0) is 125 Å². The van der Waals surface area contributed by atoms with Crippen molar-refractivity contribution in [2.24, 2.45) is 11.8 Å². The Morgan fingerprint density at radius 3 is 1.21 bits per heavy atom. The first-order valence-corrected chi connectivity index (χ1v) is 31.2. The first-order valence-electron chi connectivity index (χ1n) is 31.2. The van der Waals surface area contributed by atoms with Gasteiger partial charge in [0.05, 0.1) is 23.5 Å². The highest BCUT2D eigenvalue weighted by Gasteiger charge is 2.46. The third-order valence-corrected chi connectivity index (χ3v) is 18.4. The summed E-state index contributed by atoms with van der Waals surface area (Å²) in [5.41, 5.74) is 3.11. The van der Waals surface area contributed by atoms with Crippen LogP contribution in [0, 0.1) is 23.5 Å². The monoisotopic (exact) mass is 1190 g/mol. The second kappa shape index (κ2) is 28.6. The fourth-order valence-electron chi connectivity index (χ4n) is 13.2. The summed E-state index contributed by atoms with van der Waals surface area (Å²) < 4.78 is 27.4. The van der Waals surface area contributed by atoms with Crippen molar-refractivity contribution in [1.29, 1.82) is 0 Å². The summed E-state index contributed by atoms with van der Waals surface area (Å²) in [6, 6.07) is 12.7. The summed E-state index contributed by atoms with van der Waals surface area (Å²) >= 11 is 0. The van der Waals surface area contributed by atoms with E-state index in [1.54, 1.807) is 60.3 Å². The van der Waals surface area contributed by atoms with E-state index >= 15 is 0 Å². The number of aromatic nitrogens is 2. The number of unbranched alkanes of at least 4 members (excludes halogenated alkanes) is 5. The van der Waals surface area contributed by atoms with Gasteiger partial charge in [-0.2, -0.15) is 0 Å². The van der Waals surface area contributed by atoms with E-state index in [2.05, 4.69) is 31.2 Å². The van der Waals surface area contributed by atoms with Gasteiger partial charge in [0.1, 0.15) is 23.7 Å². The number of aromatic amines is 2. The number of H-pyrrole nitrogens is 2. The molecule has 0 unspecified atom stereocenters. The first-order chi connectivity index (χ1) is 41.0. The quantitative estimate of drug-likeness (QED) is 0.0371. The summed E-state index contributed by atoms with van der Waals surface area (Å²) in [6.45, 7) is 14.1. The van der Waals surface area contributed by atoms with Crippen LogP contribution in [0.3, 0.4) is 0 Å². The van der Waals surface area contributed by atoms with Crippen molar-refractivity contribution in [2.45, 2.75) is 179 Å². The number of nitrogens with zero attached hydrogens (tertiary/aromatic N) is 4. The Bertz CT molecular complexity index is 2960. The fraction of sp³-hybridized carbons (Fsp3) is 0.576. The predicted molar refractivity (Wildman–Crippen MR) is 329 cm³/mol. The Kier molecular flexibility index (Phi) is 21.6. The zero-order valence-electron chi connectivity index (χ0n) is 51.6.